The van der Waals surface area contributed by atoms with Gasteiger partial charge in [-0.3, -0.25) is 0 Å². The van der Waals surface area contributed by atoms with Crippen molar-refractivity contribution in [1.82, 2.24) is 5.32 Å². The third-order valence-electron chi connectivity index (χ3n) is 3.17. The fourth-order valence-corrected chi connectivity index (χ4v) is 3.17. The van der Waals surface area contributed by atoms with E-state index in [1.165, 1.54) is 21.3 Å². The van der Waals surface area contributed by atoms with Gasteiger partial charge in [-0.1, -0.05) is 0 Å². The summed E-state index contributed by atoms with van der Waals surface area (Å²) in [7, 11) is 1.39. The minimum absolute atomic E-state index is 0.273. The lowest BCUT2D eigenvalue weighted by molar-refractivity contribution is 0.456. The van der Waals surface area contributed by atoms with Crippen LogP contribution in [0.1, 0.15) is 18.4 Å². The molecule has 0 aliphatic carbocycles. The fourth-order valence-electron chi connectivity index (χ4n) is 2.21. The number of nitrogens with one attached hydrogen (secondary N) is 3. The molecule has 6 heteroatoms. The minimum Gasteiger partial charge on any atom is -0.320 e. The Morgan fingerprint density at radius 2 is 2.17 bits per heavy atom. The summed E-state index contributed by atoms with van der Waals surface area (Å²) in [6.07, 6.45) is 1.96. The molecular weight excluding hydrogens is 364 g/mol. The highest BCUT2D eigenvalue weighted by atomic mass is 127. The van der Waals surface area contributed by atoms with Crippen LogP contribution in [-0.2, 0) is 0 Å². The van der Waals surface area contributed by atoms with Crippen molar-refractivity contribution in [3.8, 4) is 0 Å². The maximum Gasteiger partial charge on any atom is 0.125 e. The number of hydrogen-bond donors (Lipinski definition) is 3. The second-order valence-corrected chi connectivity index (χ2v) is 5.99. The number of halogens is 2. The van der Waals surface area contributed by atoms with Crippen molar-refractivity contribution in [2.75, 3.05) is 17.8 Å². The van der Waals surface area contributed by atoms with Crippen LogP contribution in [0, 0.1) is 17.1 Å². The zero-order valence-electron chi connectivity index (χ0n) is 9.80. The van der Waals surface area contributed by atoms with E-state index in [-0.39, 0.29) is 11.7 Å². The molecule has 1 aliphatic rings. The van der Waals surface area contributed by atoms with Gasteiger partial charge in [-0.25, -0.2) is 4.39 Å². The number of hydrogen-bond acceptors (Lipinski definition) is 4. The van der Waals surface area contributed by atoms with Crippen molar-refractivity contribution in [2.24, 2.45) is 5.92 Å². The molecule has 1 aromatic carbocycles. The standard InChI is InChI=1S/C12H15FIN3S/c13-9-1-2-10(11(7-9)17-18-14)12(15)8-3-5-16-6-4-8/h1-2,7-8,15-17H,3-6H2. The van der Waals surface area contributed by atoms with E-state index in [2.05, 4.69) is 31.2 Å². The smallest absolute Gasteiger partial charge is 0.125 e. The van der Waals surface area contributed by atoms with Crippen LogP contribution < -0.4 is 10.0 Å². The van der Waals surface area contributed by atoms with Crippen molar-refractivity contribution in [1.29, 1.82) is 5.41 Å². The highest BCUT2D eigenvalue weighted by Gasteiger charge is 2.21. The van der Waals surface area contributed by atoms with Gasteiger partial charge in [-0.05, 0) is 44.1 Å². The first kappa shape index (κ1) is 14.1. The van der Waals surface area contributed by atoms with Gasteiger partial charge >= 0.3 is 0 Å². The third kappa shape index (κ3) is 3.36. The second-order valence-electron chi connectivity index (χ2n) is 4.31. The van der Waals surface area contributed by atoms with Crippen LogP contribution in [0.3, 0.4) is 0 Å². The summed E-state index contributed by atoms with van der Waals surface area (Å²) in [5.74, 6) is 0.00119. The Morgan fingerprint density at radius 1 is 1.44 bits per heavy atom. The molecule has 0 unspecified atom stereocenters. The van der Waals surface area contributed by atoms with Gasteiger partial charge in [0.15, 0.2) is 0 Å². The summed E-state index contributed by atoms with van der Waals surface area (Å²) in [6.45, 7) is 1.91. The SMILES string of the molecule is N=C(c1ccc(F)cc1NSI)C1CCNCC1. The summed E-state index contributed by atoms with van der Waals surface area (Å²) in [5.41, 5.74) is 2.12. The molecule has 0 saturated carbocycles. The summed E-state index contributed by atoms with van der Waals surface area (Å²) < 4.78 is 16.3. The zero-order valence-corrected chi connectivity index (χ0v) is 12.8. The molecule has 2 rings (SSSR count). The minimum atomic E-state index is -0.273. The van der Waals surface area contributed by atoms with Crippen LogP contribution in [0.2, 0.25) is 0 Å². The van der Waals surface area contributed by atoms with Gasteiger partial charge in [0.2, 0.25) is 0 Å². The van der Waals surface area contributed by atoms with Gasteiger partial charge in [0.25, 0.3) is 0 Å². The van der Waals surface area contributed by atoms with E-state index in [9.17, 15) is 4.39 Å². The topological polar surface area (TPSA) is 47.9 Å². The first-order chi connectivity index (χ1) is 8.72. The van der Waals surface area contributed by atoms with E-state index in [1.807, 2.05) is 0 Å². The van der Waals surface area contributed by atoms with Crippen LogP contribution in [0.15, 0.2) is 18.2 Å². The molecule has 0 spiro atoms. The van der Waals surface area contributed by atoms with Crippen LogP contribution in [0.5, 0.6) is 0 Å². The molecule has 1 saturated heterocycles. The van der Waals surface area contributed by atoms with E-state index in [4.69, 9.17) is 5.41 Å². The monoisotopic (exact) mass is 379 g/mol. The first-order valence-electron chi connectivity index (χ1n) is 5.85. The van der Waals surface area contributed by atoms with Gasteiger partial charge in [0, 0.05) is 47.5 Å². The van der Waals surface area contributed by atoms with Crippen LogP contribution in [-0.4, -0.2) is 18.8 Å². The van der Waals surface area contributed by atoms with E-state index >= 15 is 0 Å². The highest BCUT2D eigenvalue weighted by Crippen LogP contribution is 2.27. The predicted molar refractivity (Wildman–Crippen MR) is 84.1 cm³/mol. The quantitative estimate of drug-likeness (QED) is 0.426. The predicted octanol–water partition coefficient (Wildman–Crippen LogP) is 3.60. The molecule has 0 amide bonds. The molecule has 0 radical (unpaired) electrons. The molecular formula is C12H15FIN3S. The average Bonchev–Trinajstić information content (AvgIpc) is 2.40. The van der Waals surface area contributed by atoms with Crippen LogP contribution in [0.4, 0.5) is 10.1 Å². The van der Waals surface area contributed by atoms with Crippen molar-refractivity contribution in [2.45, 2.75) is 12.8 Å². The second kappa shape index (κ2) is 6.72. The highest BCUT2D eigenvalue weighted by molar-refractivity contribution is 14.2. The number of benzene rings is 1. The van der Waals surface area contributed by atoms with E-state index in [0.717, 1.165) is 31.5 Å². The molecule has 1 aliphatic heterocycles. The van der Waals surface area contributed by atoms with Gasteiger partial charge in [-0.15, -0.1) is 0 Å². The van der Waals surface area contributed by atoms with Gasteiger partial charge in [0.1, 0.15) is 5.82 Å². The van der Waals surface area contributed by atoms with Crippen molar-refractivity contribution >= 4 is 41.7 Å². The molecule has 3 nitrogen and oxygen atoms in total. The summed E-state index contributed by atoms with van der Waals surface area (Å²) >= 11 is 2.10. The largest absolute Gasteiger partial charge is 0.320 e. The van der Waals surface area contributed by atoms with Gasteiger partial charge in [0.05, 0.1) is 5.69 Å². The molecule has 98 valence electrons. The molecule has 0 aromatic heterocycles. The first-order valence-corrected chi connectivity index (χ1v) is 9.21. The molecule has 1 fully saturated rings. The average molecular weight is 379 g/mol. The van der Waals surface area contributed by atoms with Crippen molar-refractivity contribution in [3.63, 3.8) is 0 Å². The van der Waals surface area contributed by atoms with Gasteiger partial charge in [-0.2, -0.15) is 0 Å². The fraction of sp³-hybridized carbons (Fsp3) is 0.417. The Labute approximate surface area is 123 Å². The van der Waals surface area contributed by atoms with Crippen molar-refractivity contribution in [3.05, 3.63) is 29.6 Å². The maximum absolute atomic E-state index is 13.2. The molecule has 3 N–H and O–H groups in total. The third-order valence-corrected chi connectivity index (χ3v) is 4.13. The summed E-state index contributed by atoms with van der Waals surface area (Å²) in [5, 5.41) is 11.6. The van der Waals surface area contributed by atoms with Crippen LogP contribution >= 0.6 is 30.3 Å². The van der Waals surface area contributed by atoms with E-state index in [0.29, 0.717) is 11.4 Å². The Kier molecular flexibility index (Phi) is 5.25. The lowest BCUT2D eigenvalue weighted by Gasteiger charge is -2.24. The number of rotatable bonds is 4. The molecule has 1 heterocycles. The van der Waals surface area contributed by atoms with Crippen molar-refractivity contribution < 1.29 is 4.39 Å². The van der Waals surface area contributed by atoms with E-state index < -0.39 is 0 Å². The van der Waals surface area contributed by atoms with E-state index in [1.54, 1.807) is 6.07 Å². The Bertz CT molecular complexity index is 435. The Balaban J connectivity index is 2.22. The maximum atomic E-state index is 13.2. The molecule has 18 heavy (non-hydrogen) atoms. The Hall–Kier alpha value is -0.340. The number of piperidine rings is 1. The molecule has 0 bridgehead atoms. The lowest BCUT2D eigenvalue weighted by Crippen LogP contribution is -2.32. The lowest BCUT2D eigenvalue weighted by atomic mass is 9.88. The van der Waals surface area contributed by atoms with Crippen LogP contribution in [0.25, 0.3) is 0 Å². The zero-order chi connectivity index (χ0) is 13.0. The Morgan fingerprint density at radius 3 is 2.83 bits per heavy atom. The summed E-state index contributed by atoms with van der Waals surface area (Å²) in [6, 6.07) is 4.58. The molecule has 1 aromatic rings. The molecule has 0 atom stereocenters. The van der Waals surface area contributed by atoms with Gasteiger partial charge < -0.3 is 15.4 Å². The normalized spacial score (nSPS) is 16.6. The summed E-state index contributed by atoms with van der Waals surface area (Å²) in [4.78, 5) is 0. The number of anilines is 1.